The molecule has 1 aromatic carbocycles. The van der Waals surface area contributed by atoms with Gasteiger partial charge in [-0.05, 0) is 37.5 Å². The molecule has 3 rings (SSSR count). The number of piperidine rings is 1. The van der Waals surface area contributed by atoms with Gasteiger partial charge in [-0.1, -0.05) is 35.4 Å². The van der Waals surface area contributed by atoms with Gasteiger partial charge in [0.2, 0.25) is 17.7 Å². The van der Waals surface area contributed by atoms with E-state index < -0.39 is 29.7 Å². The molecule has 1 fully saturated rings. The number of nitrogens with one attached hydrogen (secondary N) is 2. The van der Waals surface area contributed by atoms with Crippen LogP contribution in [0.5, 0.6) is 5.75 Å². The number of imide groups is 2. The maximum Gasteiger partial charge on any atom is 0.262 e. The van der Waals surface area contributed by atoms with E-state index in [0.717, 1.165) is 30.6 Å². The first-order valence-electron chi connectivity index (χ1n) is 10.2. The number of benzene rings is 1. The minimum Gasteiger partial charge on any atom is -0.494 e. The number of amides is 5. The average molecular weight is 541 g/mol. The van der Waals surface area contributed by atoms with Crippen LogP contribution in [0.15, 0.2) is 18.2 Å². The van der Waals surface area contributed by atoms with Gasteiger partial charge in [-0.3, -0.25) is 34.2 Å². The van der Waals surface area contributed by atoms with Gasteiger partial charge in [0.05, 0.1) is 22.2 Å². The Kier molecular flexibility index (Phi) is 7.99. The van der Waals surface area contributed by atoms with E-state index in [1.807, 2.05) is 22.6 Å². The summed E-state index contributed by atoms with van der Waals surface area (Å²) >= 11 is 2.02. The summed E-state index contributed by atoms with van der Waals surface area (Å²) in [6.07, 6.45) is 3.87. The second-order valence-electron chi connectivity index (χ2n) is 7.40. The molecule has 0 aliphatic carbocycles. The third-order valence-electron chi connectivity index (χ3n) is 5.19. The van der Waals surface area contributed by atoms with Crippen LogP contribution in [0, 0.1) is 0 Å². The highest BCUT2D eigenvalue weighted by atomic mass is 127. The van der Waals surface area contributed by atoms with Crippen molar-refractivity contribution < 1.29 is 28.7 Å². The lowest BCUT2D eigenvalue weighted by molar-refractivity contribution is -0.136. The van der Waals surface area contributed by atoms with E-state index in [1.165, 1.54) is 12.1 Å². The molecule has 2 aliphatic rings. The van der Waals surface area contributed by atoms with Gasteiger partial charge in [0.15, 0.2) is 0 Å². The lowest BCUT2D eigenvalue weighted by Gasteiger charge is -2.27. The average Bonchev–Trinajstić information content (AvgIpc) is 3.00. The van der Waals surface area contributed by atoms with Crippen LogP contribution in [0.2, 0.25) is 0 Å². The molecule has 0 aromatic heterocycles. The lowest BCUT2D eigenvalue weighted by Crippen LogP contribution is -2.54. The van der Waals surface area contributed by atoms with Crippen molar-refractivity contribution in [2.75, 3.05) is 17.6 Å². The summed E-state index contributed by atoms with van der Waals surface area (Å²) in [5.41, 5.74) is 0.439. The summed E-state index contributed by atoms with van der Waals surface area (Å²) < 4.78 is 6.18. The molecule has 166 valence electrons. The molecule has 1 unspecified atom stereocenters. The van der Waals surface area contributed by atoms with Crippen molar-refractivity contribution in [2.45, 2.75) is 44.6 Å². The van der Waals surface area contributed by atoms with E-state index in [4.69, 9.17) is 4.74 Å². The van der Waals surface area contributed by atoms with Crippen molar-refractivity contribution in [1.29, 1.82) is 0 Å². The van der Waals surface area contributed by atoms with Crippen molar-refractivity contribution in [3.05, 3.63) is 29.3 Å². The van der Waals surface area contributed by atoms with Crippen LogP contribution in [0.3, 0.4) is 0 Å². The fourth-order valence-corrected chi connectivity index (χ4v) is 3.86. The standard InChI is InChI=1S/C21H24IN3O6/c22-12-18(27)23-9-3-1-2-4-10-31-13-5-6-14-15(11-13)21(30)25(20(14)29)16-7-8-17(26)24-19(16)28/h5-6,11,16H,1-4,7-10,12H2,(H,23,27)(H,24,26,28). The number of unbranched alkanes of at least 4 members (excludes halogenated alkanes) is 3. The molecule has 31 heavy (non-hydrogen) atoms. The van der Waals surface area contributed by atoms with Crippen molar-refractivity contribution in [3.8, 4) is 5.75 Å². The quantitative estimate of drug-likeness (QED) is 0.201. The Morgan fingerprint density at radius 3 is 2.58 bits per heavy atom. The number of ether oxygens (including phenoxy) is 1. The number of fused-ring (bicyclic) bond motifs is 1. The van der Waals surface area contributed by atoms with Gasteiger partial charge in [-0.15, -0.1) is 0 Å². The van der Waals surface area contributed by atoms with E-state index >= 15 is 0 Å². The van der Waals surface area contributed by atoms with E-state index in [9.17, 15) is 24.0 Å². The second-order valence-corrected chi connectivity index (χ2v) is 8.16. The number of alkyl halides is 1. The number of nitrogens with zero attached hydrogens (tertiary/aromatic N) is 1. The minimum absolute atomic E-state index is 0.0461. The Bertz CT molecular complexity index is 903. The second kappa shape index (κ2) is 10.7. The van der Waals surface area contributed by atoms with Crippen molar-refractivity contribution in [3.63, 3.8) is 0 Å². The molecule has 10 heteroatoms. The molecule has 0 saturated carbocycles. The number of hydrogen-bond acceptors (Lipinski definition) is 6. The Hall–Kier alpha value is -2.50. The zero-order valence-corrected chi connectivity index (χ0v) is 19.1. The van der Waals surface area contributed by atoms with Gasteiger partial charge in [-0.25, -0.2) is 0 Å². The normalized spacial score (nSPS) is 18.1. The maximum absolute atomic E-state index is 12.8. The first-order chi connectivity index (χ1) is 14.9. The maximum atomic E-state index is 12.8. The Balaban J connectivity index is 1.48. The Morgan fingerprint density at radius 1 is 1.10 bits per heavy atom. The molecule has 0 spiro atoms. The van der Waals surface area contributed by atoms with Crippen LogP contribution in [0.4, 0.5) is 0 Å². The molecular formula is C21H24IN3O6. The number of halogens is 1. The molecule has 1 saturated heterocycles. The van der Waals surface area contributed by atoms with Gasteiger partial charge < -0.3 is 10.1 Å². The zero-order chi connectivity index (χ0) is 22.4. The van der Waals surface area contributed by atoms with Crippen LogP contribution in [0.1, 0.15) is 59.2 Å². The molecule has 2 heterocycles. The highest BCUT2D eigenvalue weighted by Gasteiger charge is 2.44. The van der Waals surface area contributed by atoms with E-state index in [0.29, 0.717) is 23.3 Å². The minimum atomic E-state index is -0.976. The van der Waals surface area contributed by atoms with Gasteiger partial charge in [-0.2, -0.15) is 0 Å². The van der Waals surface area contributed by atoms with Gasteiger partial charge in [0.1, 0.15) is 11.8 Å². The summed E-state index contributed by atoms with van der Waals surface area (Å²) in [6, 6.07) is 3.72. The summed E-state index contributed by atoms with van der Waals surface area (Å²) in [5.74, 6) is -1.58. The predicted octanol–water partition coefficient (Wildman–Crippen LogP) is 1.58. The fourth-order valence-electron chi connectivity index (χ4n) is 3.59. The van der Waals surface area contributed by atoms with Crippen LogP contribution in [0.25, 0.3) is 0 Å². The van der Waals surface area contributed by atoms with Gasteiger partial charge >= 0.3 is 0 Å². The summed E-state index contributed by atoms with van der Waals surface area (Å²) in [5, 5.41) is 5.01. The smallest absolute Gasteiger partial charge is 0.262 e. The molecule has 2 aliphatic heterocycles. The third-order valence-corrected chi connectivity index (χ3v) is 5.89. The summed E-state index contributed by atoms with van der Waals surface area (Å²) in [6.45, 7) is 1.14. The number of hydrogen-bond donors (Lipinski definition) is 2. The molecular weight excluding hydrogens is 517 g/mol. The molecule has 0 radical (unpaired) electrons. The van der Waals surface area contributed by atoms with E-state index in [-0.39, 0.29) is 29.9 Å². The number of carbonyl (C=O) groups is 5. The van der Waals surface area contributed by atoms with Crippen molar-refractivity contribution in [2.24, 2.45) is 0 Å². The fraction of sp³-hybridized carbons (Fsp3) is 0.476. The Morgan fingerprint density at radius 2 is 1.84 bits per heavy atom. The van der Waals surface area contributed by atoms with Crippen LogP contribution in [-0.4, -0.2) is 58.1 Å². The van der Waals surface area contributed by atoms with Crippen LogP contribution >= 0.6 is 22.6 Å². The lowest BCUT2D eigenvalue weighted by atomic mass is 10.0. The molecule has 5 amide bonds. The van der Waals surface area contributed by atoms with E-state index in [2.05, 4.69) is 10.6 Å². The molecule has 1 aromatic rings. The van der Waals surface area contributed by atoms with E-state index in [1.54, 1.807) is 6.07 Å². The SMILES string of the molecule is O=C(CI)NCCCCCCOc1ccc2c(c1)C(=O)N(C1CCC(=O)NC1=O)C2=O. The third kappa shape index (κ3) is 5.60. The van der Waals surface area contributed by atoms with Crippen LogP contribution < -0.4 is 15.4 Å². The van der Waals surface area contributed by atoms with Crippen molar-refractivity contribution in [1.82, 2.24) is 15.5 Å². The van der Waals surface area contributed by atoms with Gasteiger partial charge in [0, 0.05) is 13.0 Å². The van der Waals surface area contributed by atoms with Crippen LogP contribution in [-0.2, 0) is 14.4 Å². The molecule has 0 bridgehead atoms. The first kappa shape index (κ1) is 23.2. The number of rotatable bonds is 10. The topological polar surface area (TPSA) is 122 Å². The molecule has 9 nitrogen and oxygen atoms in total. The molecule has 1 atom stereocenters. The predicted molar refractivity (Wildman–Crippen MR) is 119 cm³/mol. The Labute approximate surface area is 193 Å². The first-order valence-corrected chi connectivity index (χ1v) is 11.8. The highest BCUT2D eigenvalue weighted by Crippen LogP contribution is 2.30. The highest BCUT2D eigenvalue weighted by molar-refractivity contribution is 14.1. The summed E-state index contributed by atoms with van der Waals surface area (Å²) in [4.78, 5) is 61.0. The van der Waals surface area contributed by atoms with Gasteiger partial charge in [0.25, 0.3) is 11.8 Å². The zero-order valence-electron chi connectivity index (χ0n) is 16.9. The molecule has 2 N–H and O–H groups in total. The monoisotopic (exact) mass is 541 g/mol. The summed E-state index contributed by atoms with van der Waals surface area (Å²) in [7, 11) is 0. The number of carbonyl (C=O) groups excluding carboxylic acids is 5. The largest absolute Gasteiger partial charge is 0.494 e. The van der Waals surface area contributed by atoms with Crippen molar-refractivity contribution >= 4 is 52.1 Å².